The summed E-state index contributed by atoms with van der Waals surface area (Å²) in [4.78, 5) is 15.3. The summed E-state index contributed by atoms with van der Waals surface area (Å²) in [5.41, 5.74) is 1.17. The lowest BCUT2D eigenvalue weighted by Crippen LogP contribution is -2.40. The summed E-state index contributed by atoms with van der Waals surface area (Å²) in [6.45, 7) is 0.129. The third kappa shape index (κ3) is 4.92. The standard InChI is InChI=1S/C20H16F6N4O4/c21-19(22,23)18(32)33-9-14(31)13-5-6-28-17-15(13)16(10-7-27-8-10)29-30(17)11-1-3-12(4-2-11)34-20(24,25)26/h1-6,10,14,27,31H,7-9H2. The van der Waals surface area contributed by atoms with Crippen molar-refractivity contribution in [3.8, 4) is 11.4 Å². The summed E-state index contributed by atoms with van der Waals surface area (Å²) < 4.78 is 84.0. The fourth-order valence-corrected chi connectivity index (χ4v) is 3.43. The molecule has 182 valence electrons. The van der Waals surface area contributed by atoms with E-state index in [9.17, 15) is 36.2 Å². The van der Waals surface area contributed by atoms with E-state index >= 15 is 0 Å². The van der Waals surface area contributed by atoms with Gasteiger partial charge in [0, 0.05) is 30.6 Å². The Morgan fingerprint density at radius 1 is 1.15 bits per heavy atom. The fourth-order valence-electron chi connectivity index (χ4n) is 3.43. The van der Waals surface area contributed by atoms with Crippen LogP contribution in [0.4, 0.5) is 26.3 Å². The number of fused-ring (bicyclic) bond motifs is 1. The van der Waals surface area contributed by atoms with Crippen LogP contribution in [0.1, 0.15) is 23.3 Å². The van der Waals surface area contributed by atoms with Gasteiger partial charge in [0.1, 0.15) is 18.5 Å². The highest BCUT2D eigenvalue weighted by Crippen LogP contribution is 2.34. The smallest absolute Gasteiger partial charge is 0.456 e. The number of rotatable bonds is 6. The highest BCUT2D eigenvalue weighted by atomic mass is 19.4. The number of aromatic nitrogens is 3. The van der Waals surface area contributed by atoms with Crippen LogP contribution in [0.2, 0.25) is 0 Å². The van der Waals surface area contributed by atoms with Crippen molar-refractivity contribution in [2.75, 3.05) is 19.7 Å². The quantitative estimate of drug-likeness (QED) is 0.405. The molecule has 0 amide bonds. The molecule has 3 heterocycles. The number of hydrogen-bond donors (Lipinski definition) is 2. The van der Waals surface area contributed by atoms with Crippen molar-refractivity contribution in [1.82, 2.24) is 20.1 Å². The molecular formula is C20H16F6N4O4. The Kier molecular flexibility index (Phi) is 6.12. The van der Waals surface area contributed by atoms with Crippen LogP contribution in [-0.2, 0) is 9.53 Å². The number of esters is 1. The first-order valence-electron chi connectivity index (χ1n) is 9.80. The molecule has 0 aliphatic carbocycles. The van der Waals surface area contributed by atoms with E-state index in [1.165, 1.54) is 29.1 Å². The van der Waals surface area contributed by atoms with Gasteiger partial charge >= 0.3 is 18.5 Å². The Labute approximate surface area is 187 Å². The van der Waals surface area contributed by atoms with Gasteiger partial charge in [-0.3, -0.25) is 0 Å². The van der Waals surface area contributed by atoms with Crippen molar-refractivity contribution in [3.05, 3.63) is 47.8 Å². The number of ether oxygens (including phenoxy) is 2. The Morgan fingerprint density at radius 3 is 2.38 bits per heavy atom. The van der Waals surface area contributed by atoms with Gasteiger partial charge < -0.3 is 19.9 Å². The van der Waals surface area contributed by atoms with E-state index in [0.29, 0.717) is 29.9 Å². The molecule has 1 aliphatic heterocycles. The number of carbonyl (C=O) groups excluding carboxylic acids is 1. The minimum Gasteiger partial charge on any atom is -0.456 e. The van der Waals surface area contributed by atoms with Gasteiger partial charge in [0.2, 0.25) is 0 Å². The zero-order valence-electron chi connectivity index (χ0n) is 17.0. The molecule has 0 saturated carbocycles. The van der Waals surface area contributed by atoms with Gasteiger partial charge in [-0.15, -0.1) is 13.2 Å². The maximum absolute atomic E-state index is 12.4. The van der Waals surface area contributed by atoms with Crippen LogP contribution < -0.4 is 10.1 Å². The second-order valence-corrected chi connectivity index (χ2v) is 7.40. The van der Waals surface area contributed by atoms with Gasteiger partial charge in [-0.1, -0.05) is 0 Å². The van der Waals surface area contributed by atoms with Crippen LogP contribution in [-0.4, -0.2) is 58.1 Å². The molecule has 0 spiro atoms. The van der Waals surface area contributed by atoms with Gasteiger partial charge in [-0.05, 0) is 35.9 Å². The van der Waals surface area contributed by atoms with Gasteiger partial charge in [0.05, 0.1) is 11.4 Å². The fraction of sp³-hybridized carbons (Fsp3) is 0.350. The van der Waals surface area contributed by atoms with Crippen molar-refractivity contribution in [2.45, 2.75) is 24.6 Å². The Bertz CT molecular complexity index is 1190. The molecule has 1 aromatic carbocycles. The van der Waals surface area contributed by atoms with Gasteiger partial charge in [0.25, 0.3) is 0 Å². The number of nitrogens with zero attached hydrogens (tertiary/aromatic N) is 3. The van der Waals surface area contributed by atoms with Crippen LogP contribution in [0.3, 0.4) is 0 Å². The first-order chi connectivity index (χ1) is 15.9. The maximum Gasteiger partial charge on any atom is 0.573 e. The van der Waals surface area contributed by atoms with E-state index in [-0.39, 0.29) is 17.1 Å². The predicted octanol–water partition coefficient (Wildman–Crippen LogP) is 3.14. The SMILES string of the molecule is O=C(OCC(O)c1ccnc2c1c(C1CNC1)nn2-c1ccc(OC(F)(F)F)cc1)C(F)(F)F. The predicted molar refractivity (Wildman–Crippen MR) is 103 cm³/mol. The lowest BCUT2D eigenvalue weighted by Gasteiger charge is -2.26. The molecule has 4 rings (SSSR count). The average Bonchev–Trinajstić information content (AvgIpc) is 3.08. The van der Waals surface area contributed by atoms with Crippen molar-refractivity contribution < 1.29 is 45.7 Å². The minimum absolute atomic E-state index is 0.107. The van der Waals surface area contributed by atoms with Crippen molar-refractivity contribution in [3.63, 3.8) is 0 Å². The van der Waals surface area contributed by atoms with E-state index in [1.807, 2.05) is 0 Å². The number of benzene rings is 1. The highest BCUT2D eigenvalue weighted by molar-refractivity contribution is 5.85. The molecule has 0 radical (unpaired) electrons. The van der Waals surface area contributed by atoms with Gasteiger partial charge in [-0.25, -0.2) is 14.5 Å². The molecule has 1 fully saturated rings. The van der Waals surface area contributed by atoms with Gasteiger partial charge in [0.15, 0.2) is 5.65 Å². The summed E-state index contributed by atoms with van der Waals surface area (Å²) in [5.74, 6) is -2.98. The first-order valence-corrected chi connectivity index (χ1v) is 9.80. The maximum atomic E-state index is 12.4. The zero-order valence-corrected chi connectivity index (χ0v) is 17.0. The Hall–Kier alpha value is -3.39. The Morgan fingerprint density at radius 2 is 1.82 bits per heavy atom. The third-order valence-corrected chi connectivity index (χ3v) is 5.07. The van der Waals surface area contributed by atoms with E-state index in [2.05, 4.69) is 24.9 Å². The number of aliphatic hydroxyl groups excluding tert-OH is 1. The first kappa shape index (κ1) is 23.8. The van der Waals surface area contributed by atoms with Crippen LogP contribution in [0.15, 0.2) is 36.5 Å². The number of alkyl halides is 6. The molecule has 3 aromatic rings. The second-order valence-electron chi connectivity index (χ2n) is 7.40. The van der Waals surface area contributed by atoms with E-state index < -0.39 is 37.0 Å². The monoisotopic (exact) mass is 490 g/mol. The second kappa shape index (κ2) is 8.76. The van der Waals surface area contributed by atoms with Crippen LogP contribution in [0, 0.1) is 0 Å². The largest absolute Gasteiger partial charge is 0.573 e. The lowest BCUT2D eigenvalue weighted by molar-refractivity contribution is -0.274. The molecular weight excluding hydrogens is 474 g/mol. The van der Waals surface area contributed by atoms with E-state index in [1.54, 1.807) is 0 Å². The summed E-state index contributed by atoms with van der Waals surface area (Å²) in [5, 5.41) is 18.4. The molecule has 2 aromatic heterocycles. The zero-order chi connectivity index (χ0) is 24.7. The summed E-state index contributed by atoms with van der Waals surface area (Å²) in [6, 6.07) is 6.21. The normalized spacial score (nSPS) is 15.7. The highest BCUT2D eigenvalue weighted by Gasteiger charge is 2.41. The lowest BCUT2D eigenvalue weighted by atomic mass is 9.94. The number of aliphatic hydroxyl groups is 1. The number of halogens is 6. The number of pyridine rings is 1. The van der Waals surface area contributed by atoms with Gasteiger partial charge in [-0.2, -0.15) is 18.3 Å². The third-order valence-electron chi connectivity index (χ3n) is 5.07. The molecule has 2 N–H and O–H groups in total. The van der Waals surface area contributed by atoms with E-state index in [4.69, 9.17) is 0 Å². The Balaban J connectivity index is 1.71. The summed E-state index contributed by atoms with van der Waals surface area (Å²) in [7, 11) is 0. The topological polar surface area (TPSA) is 98.5 Å². The number of carbonyl (C=O) groups is 1. The molecule has 1 saturated heterocycles. The number of nitrogens with one attached hydrogen (secondary N) is 1. The summed E-state index contributed by atoms with van der Waals surface area (Å²) in [6.07, 6.45) is -10.4. The number of hydrogen-bond acceptors (Lipinski definition) is 7. The molecule has 1 unspecified atom stereocenters. The van der Waals surface area contributed by atoms with Crippen LogP contribution in [0.25, 0.3) is 16.7 Å². The molecule has 1 atom stereocenters. The minimum atomic E-state index is -5.21. The van der Waals surface area contributed by atoms with Crippen LogP contribution >= 0.6 is 0 Å². The van der Waals surface area contributed by atoms with Crippen molar-refractivity contribution in [1.29, 1.82) is 0 Å². The molecule has 1 aliphatic rings. The van der Waals surface area contributed by atoms with Crippen molar-refractivity contribution in [2.24, 2.45) is 0 Å². The van der Waals surface area contributed by atoms with Crippen molar-refractivity contribution >= 4 is 17.0 Å². The molecule has 8 nitrogen and oxygen atoms in total. The van der Waals surface area contributed by atoms with E-state index in [0.717, 1.165) is 12.1 Å². The molecule has 14 heteroatoms. The molecule has 34 heavy (non-hydrogen) atoms. The average molecular weight is 490 g/mol. The van der Waals surface area contributed by atoms with Crippen LogP contribution in [0.5, 0.6) is 5.75 Å². The molecule has 0 bridgehead atoms. The summed E-state index contributed by atoms with van der Waals surface area (Å²) >= 11 is 0.